The van der Waals surface area contributed by atoms with Crippen LogP contribution in [0.2, 0.25) is 0 Å². The molecule has 0 spiro atoms. The molecule has 0 amide bonds. The first kappa shape index (κ1) is 32.8. The van der Waals surface area contributed by atoms with Crippen LogP contribution in [0.25, 0.3) is 66.2 Å². The summed E-state index contributed by atoms with van der Waals surface area (Å²) in [5, 5.41) is 7.83. The van der Waals surface area contributed by atoms with Crippen LogP contribution in [0, 0.1) is 5.92 Å². The van der Waals surface area contributed by atoms with Gasteiger partial charge in [-0.05, 0) is 101 Å². The highest BCUT2D eigenvalue weighted by molar-refractivity contribution is 6.21. The maximum Gasteiger partial charge on any atom is 0.0560 e. The predicted octanol–water partition coefficient (Wildman–Crippen LogP) is 14.2. The maximum atomic E-state index is 2.60. The van der Waals surface area contributed by atoms with Crippen molar-refractivity contribution in [2.24, 2.45) is 5.92 Å². The largest absolute Gasteiger partial charge is 0.334 e. The number of anilines is 2. The third kappa shape index (κ3) is 5.39. The van der Waals surface area contributed by atoms with Crippen molar-refractivity contribution in [3.8, 4) is 16.8 Å². The zero-order chi connectivity index (χ0) is 37.0. The van der Waals surface area contributed by atoms with Gasteiger partial charge in [-0.3, -0.25) is 0 Å². The van der Waals surface area contributed by atoms with Crippen molar-refractivity contribution in [3.05, 3.63) is 205 Å². The third-order valence-electron chi connectivity index (χ3n) is 12.3. The smallest absolute Gasteiger partial charge is 0.0560 e. The fourth-order valence-corrected chi connectivity index (χ4v) is 9.64. The van der Waals surface area contributed by atoms with E-state index < -0.39 is 0 Å². The molecule has 268 valence electrons. The minimum absolute atomic E-state index is 0.182. The topological polar surface area (TPSA) is 8.17 Å². The predicted molar refractivity (Wildman–Crippen MR) is 239 cm³/mol. The van der Waals surface area contributed by atoms with Crippen molar-refractivity contribution in [2.75, 3.05) is 4.90 Å². The molecule has 1 heterocycles. The van der Waals surface area contributed by atoms with Crippen LogP contribution in [0.5, 0.6) is 0 Å². The van der Waals surface area contributed by atoms with Crippen LogP contribution >= 0.6 is 0 Å². The first-order valence-corrected chi connectivity index (χ1v) is 20.1. The number of aryl methyl sites for hydroxylation is 1. The Kier molecular flexibility index (Phi) is 7.95. The number of hydrogen-bond acceptors (Lipinski definition) is 1. The Hall–Kier alpha value is -6.64. The lowest BCUT2D eigenvalue weighted by atomic mass is 9.87. The third-order valence-corrected chi connectivity index (χ3v) is 12.3. The summed E-state index contributed by atoms with van der Waals surface area (Å²) in [7, 11) is 0. The Labute approximate surface area is 328 Å². The summed E-state index contributed by atoms with van der Waals surface area (Å²) in [6.45, 7) is 0. The van der Waals surface area contributed by atoms with Gasteiger partial charge in [0.25, 0.3) is 0 Å². The maximum absolute atomic E-state index is 2.60. The Morgan fingerprint density at radius 3 is 2.21 bits per heavy atom. The first-order valence-electron chi connectivity index (χ1n) is 20.1. The summed E-state index contributed by atoms with van der Waals surface area (Å²) >= 11 is 0. The summed E-state index contributed by atoms with van der Waals surface area (Å²) in [5.74, 6) is 0.452. The Balaban J connectivity index is 1.04. The molecule has 0 aliphatic heterocycles. The molecule has 11 rings (SSSR count). The summed E-state index contributed by atoms with van der Waals surface area (Å²) in [6.07, 6.45) is 25.2. The zero-order valence-electron chi connectivity index (χ0n) is 31.4. The molecular weight excluding hydrogens is 677 g/mol. The van der Waals surface area contributed by atoms with E-state index in [2.05, 4.69) is 204 Å². The van der Waals surface area contributed by atoms with E-state index in [0.29, 0.717) is 5.92 Å². The van der Waals surface area contributed by atoms with Gasteiger partial charge in [0.05, 0.1) is 28.5 Å². The van der Waals surface area contributed by atoms with Crippen molar-refractivity contribution < 1.29 is 0 Å². The number of allylic oxidation sites excluding steroid dienone is 7. The van der Waals surface area contributed by atoms with Crippen LogP contribution in [0.15, 0.2) is 194 Å². The van der Waals surface area contributed by atoms with Gasteiger partial charge in [-0.2, -0.15) is 0 Å². The molecule has 0 radical (unpaired) electrons. The van der Waals surface area contributed by atoms with Crippen LogP contribution in [0.1, 0.15) is 30.4 Å². The highest BCUT2D eigenvalue weighted by Crippen LogP contribution is 2.43. The molecule has 8 aromatic rings. The van der Waals surface area contributed by atoms with Gasteiger partial charge in [-0.25, -0.2) is 0 Å². The molecule has 3 aliphatic rings. The van der Waals surface area contributed by atoms with E-state index in [1.54, 1.807) is 0 Å². The number of benzene rings is 7. The Morgan fingerprint density at radius 2 is 1.38 bits per heavy atom. The highest BCUT2D eigenvalue weighted by atomic mass is 15.2. The van der Waals surface area contributed by atoms with Gasteiger partial charge in [0, 0.05) is 33.3 Å². The molecule has 2 nitrogen and oxygen atoms in total. The summed E-state index contributed by atoms with van der Waals surface area (Å²) < 4.78 is 2.47. The number of rotatable bonds is 6. The molecule has 2 heteroatoms. The van der Waals surface area contributed by atoms with Crippen molar-refractivity contribution in [1.82, 2.24) is 4.57 Å². The van der Waals surface area contributed by atoms with E-state index in [0.717, 1.165) is 25.7 Å². The molecule has 3 aliphatic carbocycles. The summed E-state index contributed by atoms with van der Waals surface area (Å²) in [6, 6.07) is 52.1. The second-order valence-corrected chi connectivity index (χ2v) is 15.4. The van der Waals surface area contributed by atoms with Crippen molar-refractivity contribution in [3.63, 3.8) is 0 Å². The molecule has 0 N–H and O–H groups in total. The second-order valence-electron chi connectivity index (χ2n) is 15.4. The average molecular weight is 719 g/mol. The average Bonchev–Trinajstić information content (AvgIpc) is 3.62. The normalized spacial score (nSPS) is 17.5. The summed E-state index contributed by atoms with van der Waals surface area (Å²) in [4.78, 5) is 2.60. The fourth-order valence-electron chi connectivity index (χ4n) is 9.64. The minimum atomic E-state index is 0.182. The molecule has 56 heavy (non-hydrogen) atoms. The van der Waals surface area contributed by atoms with Crippen molar-refractivity contribution in [2.45, 2.75) is 31.7 Å². The van der Waals surface area contributed by atoms with Crippen LogP contribution in [0.4, 0.5) is 11.4 Å². The molecule has 2 unspecified atom stereocenters. The van der Waals surface area contributed by atoms with Gasteiger partial charge in [0.15, 0.2) is 0 Å². The van der Waals surface area contributed by atoms with E-state index in [1.165, 1.54) is 88.2 Å². The lowest BCUT2D eigenvalue weighted by Crippen LogP contribution is -2.31. The van der Waals surface area contributed by atoms with Gasteiger partial charge in [-0.1, -0.05) is 158 Å². The van der Waals surface area contributed by atoms with Gasteiger partial charge in [0.1, 0.15) is 0 Å². The van der Waals surface area contributed by atoms with Crippen LogP contribution < -0.4 is 4.90 Å². The first-order chi connectivity index (χ1) is 27.8. The Morgan fingerprint density at radius 1 is 0.589 bits per heavy atom. The number of para-hydroxylation sites is 2. The van der Waals surface area contributed by atoms with E-state index in [-0.39, 0.29) is 6.04 Å². The SMILES string of the molecule is C1=CCC(C2=CCC(N(c3ccc(-c4ccccc4-n4c5ccccc5c5c6ccccc6ccc54)cc3)c3cc4c(c5ccccc35)CCC=C4)C=C2)C=C1. The molecule has 0 saturated carbocycles. The zero-order valence-corrected chi connectivity index (χ0v) is 31.4. The number of hydrogen-bond donors (Lipinski definition) is 0. The monoisotopic (exact) mass is 718 g/mol. The standard InChI is InChI=1S/C54H42N2/c1-2-14-37(15-3-1)38-26-31-42(32-27-38)55(53-36-41-17-5-6-18-44(41)47-21-8-9-22-48(47)53)43-33-28-40(29-34-43)45-19-10-12-24-50(45)56-51-25-13-11-23-49(51)54-46-20-7-4-16-39(46)30-35-52(54)56/h1-5,7-14,16-17,19-31,33-37,42H,6,15,18,32H2. The summed E-state index contributed by atoms with van der Waals surface area (Å²) in [5.41, 5.74) is 12.7. The molecule has 0 saturated heterocycles. The van der Waals surface area contributed by atoms with Crippen LogP contribution in [-0.2, 0) is 6.42 Å². The molecule has 0 fully saturated rings. The lowest BCUT2D eigenvalue weighted by Gasteiger charge is -2.35. The molecule has 7 aromatic carbocycles. The fraction of sp³-hybridized carbons (Fsp3) is 0.111. The second kappa shape index (κ2) is 13.6. The lowest BCUT2D eigenvalue weighted by molar-refractivity contribution is 0.732. The van der Waals surface area contributed by atoms with E-state index in [1.807, 2.05) is 0 Å². The van der Waals surface area contributed by atoms with E-state index in [4.69, 9.17) is 0 Å². The van der Waals surface area contributed by atoms with Crippen molar-refractivity contribution in [1.29, 1.82) is 0 Å². The van der Waals surface area contributed by atoms with Crippen LogP contribution in [-0.4, -0.2) is 10.6 Å². The van der Waals surface area contributed by atoms with E-state index >= 15 is 0 Å². The van der Waals surface area contributed by atoms with Crippen molar-refractivity contribution >= 4 is 60.8 Å². The molecular formula is C54H42N2. The number of nitrogens with zero attached hydrogens (tertiary/aromatic N) is 2. The van der Waals surface area contributed by atoms with Gasteiger partial charge >= 0.3 is 0 Å². The minimum Gasteiger partial charge on any atom is -0.334 e. The molecule has 0 bridgehead atoms. The molecule has 1 aromatic heterocycles. The quantitative estimate of drug-likeness (QED) is 0.166. The highest BCUT2D eigenvalue weighted by Gasteiger charge is 2.26. The number of fused-ring (bicyclic) bond motifs is 8. The van der Waals surface area contributed by atoms with Gasteiger partial charge in [0.2, 0.25) is 0 Å². The number of aromatic nitrogens is 1. The van der Waals surface area contributed by atoms with Gasteiger partial charge < -0.3 is 9.47 Å². The van der Waals surface area contributed by atoms with E-state index in [9.17, 15) is 0 Å². The Bertz CT molecular complexity index is 2980. The molecule has 2 atom stereocenters. The van der Waals surface area contributed by atoms with Gasteiger partial charge in [-0.15, -0.1) is 0 Å². The van der Waals surface area contributed by atoms with Crippen LogP contribution in [0.3, 0.4) is 0 Å².